The number of hydrogen-bond acceptors (Lipinski definition) is 5. The smallest absolute Gasteiger partial charge is 0.396 e. The van der Waals surface area contributed by atoms with Gasteiger partial charge in [-0.25, -0.2) is 4.98 Å². The lowest BCUT2D eigenvalue weighted by Crippen LogP contribution is -2.33. The number of alkyl halides is 3. The lowest BCUT2D eigenvalue weighted by Gasteiger charge is -2.32. The number of anilines is 1. The molecule has 0 bridgehead atoms. The van der Waals surface area contributed by atoms with E-state index < -0.39 is 12.0 Å². The topological polar surface area (TPSA) is 75.3 Å². The number of aliphatic hydroxyl groups is 1. The number of rotatable bonds is 4. The van der Waals surface area contributed by atoms with E-state index in [2.05, 4.69) is 20.4 Å². The Morgan fingerprint density at radius 1 is 1.29 bits per heavy atom. The molecular formula is C15H20F3N5O. The number of fused-ring (bicyclic) bond motifs is 1. The normalized spacial score (nSPS) is 22.0. The summed E-state index contributed by atoms with van der Waals surface area (Å²) in [5.41, 5.74) is 0.570. The van der Waals surface area contributed by atoms with Crippen LogP contribution < -0.4 is 5.32 Å². The molecule has 1 aliphatic carbocycles. The van der Waals surface area contributed by atoms with Gasteiger partial charge in [-0.1, -0.05) is 12.8 Å². The maximum Gasteiger partial charge on any atom is 0.453 e. The van der Waals surface area contributed by atoms with E-state index in [9.17, 15) is 18.3 Å². The molecule has 2 N–H and O–H groups in total. The van der Waals surface area contributed by atoms with E-state index in [4.69, 9.17) is 0 Å². The minimum absolute atomic E-state index is 0.0701. The summed E-state index contributed by atoms with van der Waals surface area (Å²) in [6, 6.07) is 1.77. The Hall–Kier alpha value is -1.90. The van der Waals surface area contributed by atoms with Crippen molar-refractivity contribution >= 4 is 11.6 Å². The summed E-state index contributed by atoms with van der Waals surface area (Å²) in [7, 11) is 0. The van der Waals surface area contributed by atoms with Crippen molar-refractivity contribution in [2.45, 2.75) is 51.2 Å². The first kappa shape index (κ1) is 16.9. The van der Waals surface area contributed by atoms with Gasteiger partial charge in [0.25, 0.3) is 11.6 Å². The zero-order valence-corrected chi connectivity index (χ0v) is 13.3. The zero-order valence-electron chi connectivity index (χ0n) is 13.3. The highest BCUT2D eigenvalue weighted by molar-refractivity contribution is 5.46. The van der Waals surface area contributed by atoms with Crippen LogP contribution >= 0.6 is 0 Å². The van der Waals surface area contributed by atoms with Crippen molar-refractivity contribution in [3.8, 4) is 0 Å². The molecule has 9 heteroatoms. The van der Waals surface area contributed by atoms with Gasteiger partial charge in [-0.3, -0.25) is 0 Å². The summed E-state index contributed by atoms with van der Waals surface area (Å²) in [4.78, 5) is 7.52. The first-order valence-electron chi connectivity index (χ1n) is 8.07. The van der Waals surface area contributed by atoms with Crippen LogP contribution in [0.5, 0.6) is 0 Å². The molecule has 132 valence electrons. The van der Waals surface area contributed by atoms with Gasteiger partial charge in [0.15, 0.2) is 0 Å². The third kappa shape index (κ3) is 3.45. The SMILES string of the molecule is Cc1cc(N[C@@H]2CCCC[C@@H]2CCO)n2nc(C(F)(F)F)nc2n1. The molecule has 2 atom stereocenters. The maximum absolute atomic E-state index is 12.9. The summed E-state index contributed by atoms with van der Waals surface area (Å²) >= 11 is 0. The average molecular weight is 343 g/mol. The van der Waals surface area contributed by atoms with Gasteiger partial charge >= 0.3 is 6.18 Å². The monoisotopic (exact) mass is 343 g/mol. The Bertz CT molecular complexity index is 713. The highest BCUT2D eigenvalue weighted by Gasteiger charge is 2.37. The van der Waals surface area contributed by atoms with Crippen molar-refractivity contribution in [2.75, 3.05) is 11.9 Å². The predicted octanol–water partition coefficient (Wildman–Crippen LogP) is 2.80. The van der Waals surface area contributed by atoms with E-state index in [0.717, 1.165) is 30.2 Å². The molecule has 6 nitrogen and oxygen atoms in total. The van der Waals surface area contributed by atoms with Crippen LogP contribution in [0.2, 0.25) is 0 Å². The molecule has 0 saturated heterocycles. The molecule has 0 amide bonds. The Kier molecular flexibility index (Phi) is 4.62. The second kappa shape index (κ2) is 6.54. The molecule has 0 aromatic carbocycles. The quantitative estimate of drug-likeness (QED) is 0.893. The highest BCUT2D eigenvalue weighted by atomic mass is 19.4. The number of nitrogens with zero attached hydrogens (tertiary/aromatic N) is 4. The first-order valence-corrected chi connectivity index (χ1v) is 8.07. The molecule has 1 fully saturated rings. The summed E-state index contributed by atoms with van der Waals surface area (Å²) < 4.78 is 39.7. The Balaban J connectivity index is 1.94. The number of halogens is 3. The van der Waals surface area contributed by atoms with E-state index >= 15 is 0 Å². The van der Waals surface area contributed by atoms with Gasteiger partial charge in [-0.05, 0) is 32.1 Å². The van der Waals surface area contributed by atoms with Gasteiger partial charge in [0, 0.05) is 24.4 Å². The third-order valence-electron chi connectivity index (χ3n) is 4.44. The molecule has 0 spiro atoms. The standard InChI is InChI=1S/C15H20F3N5O/c1-9-8-12(20-11-5-3-2-4-10(11)6-7-24)23-14(19-9)21-13(22-23)15(16,17)18/h8,10-11,20,24H,2-7H2,1H3/t10-,11-/m1/s1. The fraction of sp³-hybridized carbons (Fsp3) is 0.667. The summed E-state index contributed by atoms with van der Waals surface area (Å²) in [6.45, 7) is 1.81. The van der Waals surface area contributed by atoms with Crippen molar-refractivity contribution in [3.05, 3.63) is 17.6 Å². The van der Waals surface area contributed by atoms with Crippen LogP contribution in [0, 0.1) is 12.8 Å². The Labute approximate surface area is 137 Å². The lowest BCUT2D eigenvalue weighted by molar-refractivity contribution is -0.144. The molecule has 2 aromatic heterocycles. The van der Waals surface area contributed by atoms with Crippen molar-refractivity contribution in [2.24, 2.45) is 5.92 Å². The van der Waals surface area contributed by atoms with Crippen molar-refractivity contribution in [3.63, 3.8) is 0 Å². The van der Waals surface area contributed by atoms with Crippen LogP contribution in [0.15, 0.2) is 6.07 Å². The zero-order chi connectivity index (χ0) is 17.3. The third-order valence-corrected chi connectivity index (χ3v) is 4.44. The molecule has 3 rings (SSSR count). The minimum Gasteiger partial charge on any atom is -0.396 e. The molecule has 24 heavy (non-hydrogen) atoms. The van der Waals surface area contributed by atoms with E-state index in [-0.39, 0.29) is 24.3 Å². The molecule has 1 saturated carbocycles. The fourth-order valence-corrected chi connectivity index (χ4v) is 3.31. The lowest BCUT2D eigenvalue weighted by atomic mass is 9.82. The van der Waals surface area contributed by atoms with Crippen LogP contribution in [0.1, 0.15) is 43.6 Å². The van der Waals surface area contributed by atoms with Crippen LogP contribution in [0.3, 0.4) is 0 Å². The van der Waals surface area contributed by atoms with Crippen LogP contribution in [-0.2, 0) is 6.18 Å². The second-order valence-electron chi connectivity index (χ2n) is 6.24. The second-order valence-corrected chi connectivity index (χ2v) is 6.24. The van der Waals surface area contributed by atoms with E-state index in [1.54, 1.807) is 13.0 Å². The number of aromatic nitrogens is 4. The number of hydrogen-bond donors (Lipinski definition) is 2. The molecule has 2 aromatic rings. The Morgan fingerprint density at radius 3 is 2.75 bits per heavy atom. The first-order chi connectivity index (χ1) is 11.4. The average Bonchev–Trinajstić information content (AvgIpc) is 2.93. The number of aliphatic hydroxyl groups excluding tert-OH is 1. The molecule has 0 radical (unpaired) electrons. The summed E-state index contributed by atoms with van der Waals surface area (Å²) in [5, 5.41) is 16.1. The Morgan fingerprint density at radius 2 is 2.04 bits per heavy atom. The van der Waals surface area contributed by atoms with Crippen molar-refractivity contribution in [1.82, 2.24) is 19.6 Å². The molecule has 2 heterocycles. The van der Waals surface area contributed by atoms with Gasteiger partial charge in [-0.15, -0.1) is 5.10 Å². The van der Waals surface area contributed by atoms with Gasteiger partial charge in [-0.2, -0.15) is 22.7 Å². The van der Waals surface area contributed by atoms with Gasteiger partial charge in [0.05, 0.1) is 0 Å². The molecule has 0 aliphatic heterocycles. The minimum atomic E-state index is -4.61. The molecule has 0 unspecified atom stereocenters. The molecular weight excluding hydrogens is 323 g/mol. The maximum atomic E-state index is 12.9. The van der Waals surface area contributed by atoms with Crippen LogP contribution in [0.4, 0.5) is 19.0 Å². The predicted molar refractivity (Wildman–Crippen MR) is 81.6 cm³/mol. The van der Waals surface area contributed by atoms with Crippen molar-refractivity contribution < 1.29 is 18.3 Å². The van der Waals surface area contributed by atoms with E-state index in [0.29, 0.717) is 17.9 Å². The van der Waals surface area contributed by atoms with Crippen molar-refractivity contribution in [1.29, 1.82) is 0 Å². The number of nitrogens with one attached hydrogen (secondary N) is 1. The molecule has 1 aliphatic rings. The summed E-state index contributed by atoms with van der Waals surface area (Å²) in [5.74, 6) is -0.522. The van der Waals surface area contributed by atoms with E-state index in [1.807, 2.05) is 0 Å². The largest absolute Gasteiger partial charge is 0.453 e. The number of aryl methyl sites for hydroxylation is 1. The van der Waals surface area contributed by atoms with Gasteiger partial charge < -0.3 is 10.4 Å². The fourth-order valence-electron chi connectivity index (χ4n) is 3.31. The van der Waals surface area contributed by atoms with Gasteiger partial charge in [0.2, 0.25) is 0 Å². The van der Waals surface area contributed by atoms with Crippen LogP contribution in [0.25, 0.3) is 5.78 Å². The highest BCUT2D eigenvalue weighted by Crippen LogP contribution is 2.31. The van der Waals surface area contributed by atoms with E-state index in [1.165, 1.54) is 0 Å². The summed E-state index contributed by atoms with van der Waals surface area (Å²) in [6.07, 6.45) is 0.136. The van der Waals surface area contributed by atoms with Gasteiger partial charge in [0.1, 0.15) is 5.82 Å². The van der Waals surface area contributed by atoms with Crippen LogP contribution in [-0.4, -0.2) is 37.3 Å².